The molecule has 3 aromatic rings. The predicted octanol–water partition coefficient (Wildman–Crippen LogP) is 6.71. The molecule has 7 heteroatoms. The Balaban J connectivity index is 1.64. The molecular formula is C30H32ClNO4S. The summed E-state index contributed by atoms with van der Waals surface area (Å²) in [6.07, 6.45) is 13.1. The molecule has 1 heterocycles. The van der Waals surface area contributed by atoms with E-state index in [0.717, 1.165) is 39.6 Å². The highest BCUT2D eigenvalue weighted by atomic mass is 35.5. The van der Waals surface area contributed by atoms with Crippen LogP contribution in [0.15, 0.2) is 78.4 Å². The van der Waals surface area contributed by atoms with Crippen LogP contribution in [-0.2, 0) is 19.7 Å². The van der Waals surface area contributed by atoms with Gasteiger partial charge in [0, 0.05) is 22.4 Å². The number of aliphatic hydroxyl groups is 1. The highest BCUT2D eigenvalue weighted by molar-refractivity contribution is 7.86. The molecule has 0 bridgehead atoms. The molecule has 4 rings (SSSR count). The number of pyridine rings is 1. The molecule has 0 aliphatic heterocycles. The Morgan fingerprint density at radius 1 is 1.14 bits per heavy atom. The van der Waals surface area contributed by atoms with Crippen LogP contribution < -0.4 is 0 Å². The van der Waals surface area contributed by atoms with Crippen LogP contribution in [0.1, 0.15) is 49.9 Å². The summed E-state index contributed by atoms with van der Waals surface area (Å²) in [7, 11) is -3.63. The fourth-order valence-electron chi connectivity index (χ4n) is 4.89. The first kappa shape index (κ1) is 27.3. The van der Waals surface area contributed by atoms with Gasteiger partial charge in [-0.1, -0.05) is 72.3 Å². The quantitative estimate of drug-likeness (QED) is 0.307. The molecule has 2 aromatic carbocycles. The molecule has 0 saturated carbocycles. The van der Waals surface area contributed by atoms with Crippen LogP contribution in [0.3, 0.4) is 0 Å². The van der Waals surface area contributed by atoms with Gasteiger partial charge < -0.3 is 5.11 Å². The molecule has 1 N–H and O–H groups in total. The summed E-state index contributed by atoms with van der Waals surface area (Å²) in [4.78, 5) is 4.70. The average molecular weight is 538 g/mol. The number of benzene rings is 2. The lowest BCUT2D eigenvalue weighted by atomic mass is 9.67. The minimum Gasteiger partial charge on any atom is -0.396 e. The summed E-state index contributed by atoms with van der Waals surface area (Å²) in [6, 6.07) is 18.0. The number of hydrogen-bond acceptors (Lipinski definition) is 5. The number of halogens is 1. The van der Waals surface area contributed by atoms with E-state index in [2.05, 4.69) is 18.2 Å². The maximum Gasteiger partial charge on any atom is 0.265 e. The molecule has 1 atom stereocenters. The van der Waals surface area contributed by atoms with Gasteiger partial charge in [-0.05, 0) is 74.1 Å². The van der Waals surface area contributed by atoms with Crippen LogP contribution in [0.25, 0.3) is 23.1 Å². The molecule has 37 heavy (non-hydrogen) atoms. The third-order valence-electron chi connectivity index (χ3n) is 6.72. The number of rotatable bonds is 9. The van der Waals surface area contributed by atoms with Crippen molar-refractivity contribution >= 4 is 44.8 Å². The van der Waals surface area contributed by atoms with Gasteiger partial charge in [0.15, 0.2) is 0 Å². The number of fused-ring (bicyclic) bond motifs is 1. The van der Waals surface area contributed by atoms with E-state index in [9.17, 15) is 13.5 Å². The van der Waals surface area contributed by atoms with Crippen molar-refractivity contribution in [3.8, 4) is 0 Å². The smallest absolute Gasteiger partial charge is 0.265 e. The summed E-state index contributed by atoms with van der Waals surface area (Å²) in [5, 5.41) is 11.3. The second kappa shape index (κ2) is 10.9. The van der Waals surface area contributed by atoms with Gasteiger partial charge in [-0.3, -0.25) is 4.18 Å². The van der Waals surface area contributed by atoms with E-state index in [4.69, 9.17) is 20.8 Å². The standard InChI is InChI=1S/C30H32ClNO4S/c1-29(2,36-37(3,34)35)25-9-5-16-30(21-25,17-6-18-33)24-8-4-7-22(19-24)10-14-27-15-12-23-11-13-26(31)20-28(23)32-27/h4-5,7-16,19-20,33H,6,17-18,21H2,1-3H3/t30-/m0/s1. The third-order valence-corrected chi connectivity index (χ3v) is 7.67. The second-order valence-electron chi connectivity index (χ2n) is 10.0. The lowest BCUT2D eigenvalue weighted by molar-refractivity contribution is 0.149. The highest BCUT2D eigenvalue weighted by Crippen LogP contribution is 2.43. The van der Waals surface area contributed by atoms with Crippen molar-refractivity contribution in [2.45, 2.75) is 44.1 Å². The van der Waals surface area contributed by atoms with E-state index >= 15 is 0 Å². The van der Waals surface area contributed by atoms with Crippen LogP contribution in [0.5, 0.6) is 0 Å². The van der Waals surface area contributed by atoms with Crippen LogP contribution in [-0.4, -0.2) is 37.0 Å². The zero-order valence-electron chi connectivity index (χ0n) is 21.3. The van der Waals surface area contributed by atoms with Gasteiger partial charge in [-0.25, -0.2) is 4.98 Å². The molecule has 0 fully saturated rings. The Hall–Kier alpha value is -2.77. The predicted molar refractivity (Wildman–Crippen MR) is 152 cm³/mol. The first-order chi connectivity index (χ1) is 17.5. The van der Waals surface area contributed by atoms with Crippen molar-refractivity contribution in [2.24, 2.45) is 0 Å². The van der Waals surface area contributed by atoms with E-state index in [1.165, 1.54) is 0 Å². The van der Waals surface area contributed by atoms with Crippen LogP contribution in [0, 0.1) is 0 Å². The lowest BCUT2D eigenvalue weighted by Gasteiger charge is -2.39. The first-order valence-corrected chi connectivity index (χ1v) is 14.4. The van der Waals surface area contributed by atoms with E-state index in [0.29, 0.717) is 24.3 Å². The second-order valence-corrected chi connectivity index (χ2v) is 12.1. The highest BCUT2D eigenvalue weighted by Gasteiger charge is 2.38. The third kappa shape index (κ3) is 6.76. The number of nitrogens with zero attached hydrogens (tertiary/aromatic N) is 1. The molecular weight excluding hydrogens is 506 g/mol. The van der Waals surface area contributed by atoms with E-state index < -0.39 is 21.1 Å². The summed E-state index contributed by atoms with van der Waals surface area (Å²) >= 11 is 6.13. The molecule has 0 spiro atoms. The molecule has 5 nitrogen and oxygen atoms in total. The van der Waals surface area contributed by atoms with E-state index in [1.54, 1.807) is 13.8 Å². The van der Waals surface area contributed by atoms with E-state index in [1.807, 2.05) is 66.8 Å². The first-order valence-electron chi connectivity index (χ1n) is 12.3. The van der Waals surface area contributed by atoms with Gasteiger partial charge in [0.05, 0.1) is 17.5 Å². The maximum atomic E-state index is 11.9. The average Bonchev–Trinajstić information content (AvgIpc) is 2.85. The van der Waals surface area contributed by atoms with Gasteiger partial charge >= 0.3 is 0 Å². The largest absolute Gasteiger partial charge is 0.396 e. The zero-order chi connectivity index (χ0) is 26.7. The summed E-state index contributed by atoms with van der Waals surface area (Å²) < 4.78 is 29.2. The SMILES string of the molecule is CC(C)(OS(C)(=O)=O)C1=CC=C[C@@](CCCO)(c2cccc(C=Cc3ccc4ccc(Cl)cc4n3)c2)C1. The number of allylic oxidation sites excluding steroid dienone is 3. The molecule has 0 amide bonds. The lowest BCUT2D eigenvalue weighted by Crippen LogP contribution is -2.36. The van der Waals surface area contributed by atoms with Crippen molar-refractivity contribution < 1.29 is 17.7 Å². The number of hydrogen-bond donors (Lipinski definition) is 1. The Bertz CT molecular complexity index is 1490. The van der Waals surface area contributed by atoms with Crippen molar-refractivity contribution in [2.75, 3.05) is 12.9 Å². The molecule has 0 radical (unpaired) electrons. The maximum absolute atomic E-state index is 11.9. The summed E-state index contributed by atoms with van der Waals surface area (Å²) in [6.45, 7) is 3.63. The van der Waals surface area contributed by atoms with Crippen LogP contribution in [0.4, 0.5) is 0 Å². The normalized spacial score (nSPS) is 18.5. The summed E-state index contributed by atoms with van der Waals surface area (Å²) in [5.74, 6) is 0. The van der Waals surface area contributed by atoms with Crippen LogP contribution in [0.2, 0.25) is 5.02 Å². The zero-order valence-corrected chi connectivity index (χ0v) is 22.9. The monoisotopic (exact) mass is 537 g/mol. The van der Waals surface area contributed by atoms with E-state index in [-0.39, 0.29) is 6.61 Å². The Morgan fingerprint density at radius 3 is 2.68 bits per heavy atom. The minimum absolute atomic E-state index is 0.0785. The number of aromatic nitrogens is 1. The van der Waals surface area contributed by atoms with Gasteiger partial charge in [-0.15, -0.1) is 0 Å². The van der Waals surface area contributed by atoms with Gasteiger partial charge in [0.25, 0.3) is 10.1 Å². The fourth-order valence-corrected chi connectivity index (χ4v) is 5.92. The Morgan fingerprint density at radius 2 is 1.92 bits per heavy atom. The van der Waals surface area contributed by atoms with Crippen molar-refractivity contribution in [1.82, 2.24) is 4.98 Å². The molecule has 0 saturated heterocycles. The fraction of sp³-hybridized carbons (Fsp3) is 0.300. The Kier molecular flexibility index (Phi) is 8.05. The number of aliphatic hydroxyl groups excluding tert-OH is 1. The topological polar surface area (TPSA) is 76.5 Å². The van der Waals surface area contributed by atoms with Crippen LogP contribution >= 0.6 is 11.6 Å². The molecule has 1 aromatic heterocycles. The van der Waals surface area contributed by atoms with Gasteiger partial charge in [-0.2, -0.15) is 8.42 Å². The van der Waals surface area contributed by atoms with Gasteiger partial charge in [0.2, 0.25) is 0 Å². The van der Waals surface area contributed by atoms with Crippen molar-refractivity contribution in [1.29, 1.82) is 0 Å². The van der Waals surface area contributed by atoms with Gasteiger partial charge in [0.1, 0.15) is 5.60 Å². The molecule has 194 valence electrons. The molecule has 1 aliphatic carbocycles. The minimum atomic E-state index is -3.63. The Labute approximate surface area is 224 Å². The molecule has 1 aliphatic rings. The van der Waals surface area contributed by atoms with Crippen molar-refractivity contribution in [3.05, 3.63) is 100 Å². The molecule has 0 unspecified atom stereocenters. The summed E-state index contributed by atoms with van der Waals surface area (Å²) in [5.41, 5.74) is 3.30. The van der Waals surface area contributed by atoms with Crippen molar-refractivity contribution in [3.63, 3.8) is 0 Å².